The molecule has 2 aromatic rings. The predicted octanol–water partition coefficient (Wildman–Crippen LogP) is 5.25. The van der Waals surface area contributed by atoms with Crippen LogP contribution in [0, 0.1) is 18.8 Å². The van der Waals surface area contributed by atoms with Gasteiger partial charge in [-0.3, -0.25) is 4.18 Å². The molecule has 4 atom stereocenters. The van der Waals surface area contributed by atoms with Gasteiger partial charge in [0.15, 0.2) is 6.29 Å². The van der Waals surface area contributed by atoms with Gasteiger partial charge in [-0.05, 0) is 69.1 Å². The third kappa shape index (κ3) is 7.12. The smallest absolute Gasteiger partial charge is 0.296 e. The van der Waals surface area contributed by atoms with Crippen LogP contribution in [-0.2, 0) is 35.1 Å². The van der Waals surface area contributed by atoms with Crippen LogP contribution in [0.2, 0.25) is 0 Å². The SMILES string of the molecule is Cc1ccc(S(=O)(=O)OCC[C@@H]2CC[C@@H](OC3CCCCO3)[C@@H]2COCc2ccccc2)cc1. The molecule has 1 saturated heterocycles. The average molecular weight is 489 g/mol. The van der Waals surface area contributed by atoms with Crippen LogP contribution in [-0.4, -0.2) is 40.6 Å². The molecule has 1 unspecified atom stereocenters. The van der Waals surface area contributed by atoms with Crippen molar-refractivity contribution in [2.75, 3.05) is 19.8 Å². The molecule has 186 valence electrons. The van der Waals surface area contributed by atoms with Gasteiger partial charge in [-0.1, -0.05) is 48.0 Å². The van der Waals surface area contributed by atoms with Crippen molar-refractivity contribution < 1.29 is 26.8 Å². The van der Waals surface area contributed by atoms with Gasteiger partial charge < -0.3 is 14.2 Å². The van der Waals surface area contributed by atoms with Gasteiger partial charge in [0, 0.05) is 12.5 Å². The van der Waals surface area contributed by atoms with Crippen molar-refractivity contribution in [1.82, 2.24) is 0 Å². The zero-order valence-corrected chi connectivity index (χ0v) is 20.8. The lowest BCUT2D eigenvalue weighted by molar-refractivity contribution is -0.199. The summed E-state index contributed by atoms with van der Waals surface area (Å²) in [6.07, 6.45) is 5.58. The van der Waals surface area contributed by atoms with Crippen molar-refractivity contribution in [3.63, 3.8) is 0 Å². The fourth-order valence-electron chi connectivity index (χ4n) is 4.86. The summed E-state index contributed by atoms with van der Waals surface area (Å²) in [4.78, 5) is 0.197. The molecule has 34 heavy (non-hydrogen) atoms. The fraction of sp³-hybridized carbons (Fsp3) is 0.556. The second kappa shape index (κ2) is 12.3. The zero-order chi connectivity index (χ0) is 23.8. The number of aryl methyl sites for hydroxylation is 1. The Kier molecular flexibility index (Phi) is 9.14. The van der Waals surface area contributed by atoms with Gasteiger partial charge in [-0.25, -0.2) is 0 Å². The molecule has 4 rings (SSSR count). The highest BCUT2D eigenvalue weighted by molar-refractivity contribution is 7.86. The Labute approximate surface area is 203 Å². The first-order chi connectivity index (χ1) is 16.5. The number of hydrogen-bond donors (Lipinski definition) is 0. The van der Waals surface area contributed by atoms with Gasteiger partial charge in [0.2, 0.25) is 0 Å². The summed E-state index contributed by atoms with van der Waals surface area (Å²) in [6, 6.07) is 16.9. The van der Waals surface area contributed by atoms with Gasteiger partial charge in [-0.2, -0.15) is 8.42 Å². The minimum Gasteiger partial charge on any atom is -0.376 e. The van der Waals surface area contributed by atoms with Crippen LogP contribution in [0.15, 0.2) is 59.5 Å². The van der Waals surface area contributed by atoms with Crippen molar-refractivity contribution in [1.29, 1.82) is 0 Å². The molecule has 1 saturated carbocycles. The van der Waals surface area contributed by atoms with E-state index < -0.39 is 10.1 Å². The summed E-state index contributed by atoms with van der Waals surface area (Å²) in [5.74, 6) is 0.456. The van der Waals surface area contributed by atoms with E-state index in [4.69, 9.17) is 18.4 Å². The highest BCUT2D eigenvalue weighted by atomic mass is 32.2. The number of rotatable bonds is 11. The summed E-state index contributed by atoms with van der Waals surface area (Å²) in [5, 5.41) is 0. The molecule has 1 heterocycles. The van der Waals surface area contributed by atoms with E-state index in [2.05, 4.69) is 12.1 Å². The zero-order valence-electron chi connectivity index (χ0n) is 19.9. The Balaban J connectivity index is 1.33. The predicted molar refractivity (Wildman–Crippen MR) is 130 cm³/mol. The van der Waals surface area contributed by atoms with Gasteiger partial charge in [0.1, 0.15) is 0 Å². The minimum atomic E-state index is -3.76. The van der Waals surface area contributed by atoms with Gasteiger partial charge in [-0.15, -0.1) is 0 Å². The molecule has 0 radical (unpaired) electrons. The molecule has 0 spiro atoms. The standard InChI is InChI=1S/C27H36O6S/c1-21-10-13-24(14-11-21)34(28,29)32-18-16-23-12-15-26(33-27-9-5-6-17-31-27)25(23)20-30-19-22-7-3-2-4-8-22/h2-4,7-8,10-11,13-14,23,25-27H,5-6,9,12,15-20H2,1H3/t23-,25+,26+,27?/m0/s1. The van der Waals surface area contributed by atoms with Crippen LogP contribution in [0.5, 0.6) is 0 Å². The third-order valence-corrected chi connectivity index (χ3v) is 8.15. The number of ether oxygens (including phenoxy) is 3. The molecule has 1 aliphatic heterocycles. The summed E-state index contributed by atoms with van der Waals surface area (Å²) >= 11 is 0. The van der Waals surface area contributed by atoms with Crippen LogP contribution in [0.4, 0.5) is 0 Å². The van der Waals surface area contributed by atoms with Gasteiger partial charge in [0.25, 0.3) is 10.1 Å². The van der Waals surface area contributed by atoms with E-state index in [9.17, 15) is 8.42 Å². The summed E-state index contributed by atoms with van der Waals surface area (Å²) in [6.45, 7) is 3.95. The largest absolute Gasteiger partial charge is 0.376 e. The van der Waals surface area contributed by atoms with Crippen molar-refractivity contribution in [2.24, 2.45) is 11.8 Å². The quantitative estimate of drug-likeness (QED) is 0.403. The van der Waals surface area contributed by atoms with E-state index in [0.717, 1.165) is 49.8 Å². The van der Waals surface area contributed by atoms with E-state index in [1.54, 1.807) is 24.3 Å². The first kappa shape index (κ1) is 25.3. The maximum absolute atomic E-state index is 12.6. The lowest BCUT2D eigenvalue weighted by atomic mass is 9.92. The van der Waals surface area contributed by atoms with Crippen molar-refractivity contribution in [3.05, 3.63) is 65.7 Å². The normalized spacial score (nSPS) is 25.4. The number of benzene rings is 2. The molecule has 0 amide bonds. The highest BCUT2D eigenvalue weighted by Crippen LogP contribution is 2.38. The van der Waals surface area contributed by atoms with E-state index in [0.29, 0.717) is 19.6 Å². The maximum Gasteiger partial charge on any atom is 0.296 e. The van der Waals surface area contributed by atoms with Crippen molar-refractivity contribution >= 4 is 10.1 Å². The molecule has 2 fully saturated rings. The van der Waals surface area contributed by atoms with Crippen molar-refractivity contribution in [3.8, 4) is 0 Å². The first-order valence-corrected chi connectivity index (χ1v) is 13.8. The monoisotopic (exact) mass is 488 g/mol. The van der Waals surface area contributed by atoms with Crippen LogP contribution < -0.4 is 0 Å². The second-order valence-electron chi connectivity index (χ2n) is 9.35. The fourth-order valence-corrected chi connectivity index (χ4v) is 5.78. The van der Waals surface area contributed by atoms with Crippen LogP contribution in [0.3, 0.4) is 0 Å². The minimum absolute atomic E-state index is 0.0533. The van der Waals surface area contributed by atoms with E-state index in [-0.39, 0.29) is 35.7 Å². The van der Waals surface area contributed by atoms with E-state index in [1.807, 2.05) is 25.1 Å². The molecule has 2 aliphatic rings. The van der Waals surface area contributed by atoms with E-state index in [1.165, 1.54) is 0 Å². The Morgan fingerprint density at radius 3 is 2.50 bits per heavy atom. The maximum atomic E-state index is 12.6. The van der Waals surface area contributed by atoms with Crippen molar-refractivity contribution in [2.45, 2.75) is 69.3 Å². The molecule has 1 aliphatic carbocycles. The summed E-state index contributed by atoms with van der Waals surface area (Å²) in [5.41, 5.74) is 2.15. The third-order valence-electron chi connectivity index (χ3n) is 6.83. The molecular formula is C27H36O6S. The second-order valence-corrected chi connectivity index (χ2v) is 11.0. The molecule has 6 nitrogen and oxygen atoms in total. The highest BCUT2D eigenvalue weighted by Gasteiger charge is 2.38. The van der Waals surface area contributed by atoms with Crippen LogP contribution >= 0.6 is 0 Å². The first-order valence-electron chi connectivity index (χ1n) is 12.4. The topological polar surface area (TPSA) is 71.1 Å². The van der Waals surface area contributed by atoms with Gasteiger partial charge >= 0.3 is 0 Å². The summed E-state index contributed by atoms with van der Waals surface area (Å²) in [7, 11) is -3.76. The van der Waals surface area contributed by atoms with Gasteiger partial charge in [0.05, 0.1) is 30.8 Å². The lowest BCUT2D eigenvalue weighted by Gasteiger charge is -2.30. The molecule has 7 heteroatoms. The van der Waals surface area contributed by atoms with E-state index >= 15 is 0 Å². The Hall–Kier alpha value is -1.77. The van der Waals surface area contributed by atoms with Crippen LogP contribution in [0.25, 0.3) is 0 Å². The Morgan fingerprint density at radius 2 is 1.76 bits per heavy atom. The molecule has 0 bridgehead atoms. The molecule has 2 aromatic carbocycles. The summed E-state index contributed by atoms with van der Waals surface area (Å²) < 4.78 is 48.8. The molecule has 0 N–H and O–H groups in total. The molecular weight excluding hydrogens is 452 g/mol. The number of hydrogen-bond acceptors (Lipinski definition) is 6. The Bertz CT molecular complexity index is 970. The Morgan fingerprint density at radius 1 is 0.971 bits per heavy atom. The molecule has 0 aromatic heterocycles. The van der Waals surface area contributed by atoms with Crippen LogP contribution in [0.1, 0.15) is 49.7 Å². The lowest BCUT2D eigenvalue weighted by Crippen LogP contribution is -2.33. The average Bonchev–Trinajstić information content (AvgIpc) is 3.22.